The summed E-state index contributed by atoms with van der Waals surface area (Å²) in [6.07, 6.45) is 5.57. The monoisotopic (exact) mass is 454 g/mol. The van der Waals surface area contributed by atoms with E-state index in [1.54, 1.807) is 23.7 Å². The molecule has 1 amide bonds. The van der Waals surface area contributed by atoms with Crippen LogP contribution in [0.3, 0.4) is 0 Å². The minimum Gasteiger partial charge on any atom is -0.337 e. The molecule has 0 spiro atoms. The summed E-state index contributed by atoms with van der Waals surface area (Å²) < 4.78 is 3.18. The van der Waals surface area contributed by atoms with Crippen molar-refractivity contribution in [2.45, 2.75) is 6.92 Å². The fourth-order valence-corrected chi connectivity index (χ4v) is 5.29. The number of aryl methyl sites for hydroxylation is 1. The van der Waals surface area contributed by atoms with Gasteiger partial charge < -0.3 is 9.80 Å². The number of imidazole rings is 1. The molecule has 6 rings (SSSR count). The molecule has 1 aliphatic rings. The van der Waals surface area contributed by atoms with Crippen LogP contribution in [0.25, 0.3) is 26.4 Å². The van der Waals surface area contributed by atoms with Gasteiger partial charge in [0.15, 0.2) is 4.96 Å². The third kappa shape index (κ3) is 3.62. The molecule has 0 unspecified atom stereocenters. The molecule has 0 N–H and O–H groups in total. The van der Waals surface area contributed by atoms with E-state index in [1.165, 1.54) is 5.56 Å². The third-order valence-electron chi connectivity index (χ3n) is 6.09. The molecule has 1 aliphatic heterocycles. The van der Waals surface area contributed by atoms with Gasteiger partial charge in [0, 0.05) is 55.9 Å². The van der Waals surface area contributed by atoms with Gasteiger partial charge in [-0.15, -0.1) is 0 Å². The van der Waals surface area contributed by atoms with Gasteiger partial charge in [-0.2, -0.15) is 0 Å². The Bertz CT molecular complexity index is 1450. The van der Waals surface area contributed by atoms with E-state index in [1.807, 2.05) is 29.2 Å². The van der Waals surface area contributed by atoms with Crippen molar-refractivity contribution in [2.24, 2.45) is 0 Å². The molecular weight excluding hydrogens is 432 g/mol. The van der Waals surface area contributed by atoms with E-state index < -0.39 is 0 Å². The second-order valence-corrected chi connectivity index (χ2v) is 9.27. The van der Waals surface area contributed by atoms with E-state index in [-0.39, 0.29) is 5.91 Å². The summed E-state index contributed by atoms with van der Waals surface area (Å²) in [6.45, 7) is 4.85. The summed E-state index contributed by atoms with van der Waals surface area (Å²) in [4.78, 5) is 31.6. The van der Waals surface area contributed by atoms with Crippen LogP contribution in [0.15, 0.2) is 67.1 Å². The fraction of sp³-hybridized carbons (Fsp3) is 0.200. The SMILES string of the molecule is Cc1ccc(-c2cn3c(n2)sc2cc(C(=O)N4CCN(c5ncccn5)CC4)ccc23)cc1. The van der Waals surface area contributed by atoms with Crippen molar-refractivity contribution >= 4 is 38.4 Å². The average Bonchev–Trinajstić information content (AvgIpc) is 3.42. The molecular formula is C25H22N6OS. The Morgan fingerprint density at radius 2 is 1.73 bits per heavy atom. The highest BCUT2D eigenvalue weighted by Crippen LogP contribution is 2.30. The number of piperazine rings is 1. The fourth-order valence-electron chi connectivity index (χ4n) is 4.24. The van der Waals surface area contributed by atoms with E-state index in [0.29, 0.717) is 13.1 Å². The predicted molar refractivity (Wildman–Crippen MR) is 131 cm³/mol. The van der Waals surface area contributed by atoms with E-state index in [2.05, 4.69) is 56.7 Å². The zero-order valence-corrected chi connectivity index (χ0v) is 19.0. The summed E-state index contributed by atoms with van der Waals surface area (Å²) in [5, 5.41) is 0. The first-order valence-corrected chi connectivity index (χ1v) is 11.8. The average molecular weight is 455 g/mol. The molecule has 0 atom stereocenters. The maximum absolute atomic E-state index is 13.2. The minimum atomic E-state index is 0.0666. The molecule has 7 nitrogen and oxygen atoms in total. The van der Waals surface area contributed by atoms with Gasteiger partial charge in [0.05, 0.1) is 15.9 Å². The number of amides is 1. The minimum absolute atomic E-state index is 0.0666. The maximum Gasteiger partial charge on any atom is 0.254 e. The molecule has 164 valence electrons. The summed E-state index contributed by atoms with van der Waals surface area (Å²) in [5.74, 6) is 0.787. The quantitative estimate of drug-likeness (QED) is 0.407. The first-order valence-electron chi connectivity index (χ1n) is 11.0. The maximum atomic E-state index is 13.2. The van der Waals surface area contributed by atoms with Crippen LogP contribution in [0.1, 0.15) is 15.9 Å². The third-order valence-corrected chi connectivity index (χ3v) is 7.11. The van der Waals surface area contributed by atoms with E-state index in [4.69, 9.17) is 4.98 Å². The molecule has 1 saturated heterocycles. The van der Waals surface area contributed by atoms with Crippen molar-refractivity contribution in [3.63, 3.8) is 0 Å². The van der Waals surface area contributed by atoms with Crippen molar-refractivity contribution in [3.8, 4) is 11.3 Å². The normalized spacial score (nSPS) is 14.3. The summed E-state index contributed by atoms with van der Waals surface area (Å²) in [7, 11) is 0. The Labute approximate surface area is 195 Å². The number of thiazole rings is 1. The second-order valence-electron chi connectivity index (χ2n) is 8.26. The molecule has 5 aromatic rings. The lowest BCUT2D eigenvalue weighted by Gasteiger charge is -2.34. The van der Waals surface area contributed by atoms with Crippen molar-refractivity contribution < 1.29 is 4.79 Å². The van der Waals surface area contributed by atoms with Crippen molar-refractivity contribution in [1.29, 1.82) is 0 Å². The summed E-state index contributed by atoms with van der Waals surface area (Å²) in [6, 6.07) is 16.2. The number of nitrogens with zero attached hydrogens (tertiary/aromatic N) is 6. The highest BCUT2D eigenvalue weighted by Gasteiger charge is 2.24. The van der Waals surface area contributed by atoms with Crippen LogP contribution < -0.4 is 4.90 Å². The highest BCUT2D eigenvalue weighted by atomic mass is 32.1. The lowest BCUT2D eigenvalue weighted by molar-refractivity contribution is 0.0746. The van der Waals surface area contributed by atoms with Crippen LogP contribution in [0, 0.1) is 6.92 Å². The smallest absolute Gasteiger partial charge is 0.254 e. The van der Waals surface area contributed by atoms with Crippen LogP contribution in [0.2, 0.25) is 0 Å². The molecule has 0 radical (unpaired) electrons. The van der Waals surface area contributed by atoms with Gasteiger partial charge in [-0.25, -0.2) is 15.0 Å². The summed E-state index contributed by atoms with van der Waals surface area (Å²) in [5.41, 5.74) is 5.09. The molecule has 8 heteroatoms. The van der Waals surface area contributed by atoms with Gasteiger partial charge in [-0.1, -0.05) is 41.2 Å². The first-order chi connectivity index (χ1) is 16.2. The van der Waals surface area contributed by atoms with E-state index in [0.717, 1.165) is 51.0 Å². The number of aromatic nitrogens is 4. The Balaban J connectivity index is 1.22. The van der Waals surface area contributed by atoms with Crippen molar-refractivity contribution in [3.05, 3.63) is 78.2 Å². The van der Waals surface area contributed by atoms with Crippen LogP contribution >= 0.6 is 11.3 Å². The first kappa shape index (κ1) is 19.9. The van der Waals surface area contributed by atoms with Gasteiger partial charge >= 0.3 is 0 Å². The van der Waals surface area contributed by atoms with Crippen LogP contribution in [-0.4, -0.2) is 56.3 Å². The van der Waals surface area contributed by atoms with E-state index in [9.17, 15) is 4.79 Å². The zero-order chi connectivity index (χ0) is 22.4. The molecule has 0 aliphatic carbocycles. The Morgan fingerprint density at radius 3 is 2.48 bits per heavy atom. The molecule has 3 aromatic heterocycles. The van der Waals surface area contributed by atoms with Crippen LogP contribution in [-0.2, 0) is 0 Å². The second kappa shape index (κ2) is 7.97. The van der Waals surface area contributed by atoms with Gasteiger partial charge in [0.2, 0.25) is 5.95 Å². The highest BCUT2D eigenvalue weighted by molar-refractivity contribution is 7.23. The van der Waals surface area contributed by atoms with Crippen molar-refractivity contribution in [1.82, 2.24) is 24.3 Å². The number of benzene rings is 2. The van der Waals surface area contributed by atoms with Crippen molar-refractivity contribution in [2.75, 3.05) is 31.1 Å². The molecule has 2 aromatic carbocycles. The zero-order valence-electron chi connectivity index (χ0n) is 18.2. The Kier molecular flexibility index (Phi) is 4.80. The lowest BCUT2D eigenvalue weighted by Crippen LogP contribution is -2.49. The van der Waals surface area contributed by atoms with Gasteiger partial charge in [0.1, 0.15) is 0 Å². The topological polar surface area (TPSA) is 66.6 Å². The Morgan fingerprint density at radius 1 is 0.970 bits per heavy atom. The van der Waals surface area contributed by atoms with Crippen LogP contribution in [0.5, 0.6) is 0 Å². The molecule has 0 saturated carbocycles. The number of carbonyl (C=O) groups is 1. The standard InChI is InChI=1S/C25H22N6OS/c1-17-3-5-18(6-4-17)20-16-31-21-8-7-19(15-22(21)33-25(31)28-20)23(32)29-11-13-30(14-12-29)24-26-9-2-10-27-24/h2-10,15-16H,11-14H2,1H3. The number of rotatable bonds is 3. The molecule has 4 heterocycles. The number of hydrogen-bond acceptors (Lipinski definition) is 6. The number of fused-ring (bicyclic) bond motifs is 3. The number of carbonyl (C=O) groups excluding carboxylic acids is 1. The predicted octanol–water partition coefficient (Wildman–Crippen LogP) is 4.28. The Hall–Kier alpha value is -3.78. The number of hydrogen-bond donors (Lipinski definition) is 0. The largest absolute Gasteiger partial charge is 0.337 e. The lowest BCUT2D eigenvalue weighted by atomic mass is 10.1. The van der Waals surface area contributed by atoms with Gasteiger partial charge in [-0.3, -0.25) is 9.20 Å². The molecule has 0 bridgehead atoms. The number of anilines is 1. The van der Waals surface area contributed by atoms with E-state index >= 15 is 0 Å². The van der Waals surface area contributed by atoms with Crippen LogP contribution in [0.4, 0.5) is 5.95 Å². The summed E-state index contributed by atoms with van der Waals surface area (Å²) >= 11 is 1.61. The van der Waals surface area contributed by atoms with Gasteiger partial charge in [0.25, 0.3) is 5.91 Å². The van der Waals surface area contributed by atoms with Gasteiger partial charge in [-0.05, 0) is 31.2 Å². The molecule has 1 fully saturated rings. The molecule has 33 heavy (non-hydrogen) atoms.